The van der Waals surface area contributed by atoms with Crippen LogP contribution >= 0.6 is 11.6 Å². The molecular formula is C9H6ClN3O3. The summed E-state index contributed by atoms with van der Waals surface area (Å²) >= 11 is 5.60. The lowest BCUT2D eigenvalue weighted by atomic mass is 10.1. The van der Waals surface area contributed by atoms with Gasteiger partial charge in [0.1, 0.15) is 6.26 Å². The first-order valence-electron chi connectivity index (χ1n) is 4.31. The zero-order chi connectivity index (χ0) is 11.7. The number of halogens is 1. The van der Waals surface area contributed by atoms with Crippen LogP contribution in [0.4, 0.5) is 5.69 Å². The molecular weight excluding hydrogens is 234 g/mol. The standard InChI is InChI=1S/C9H6ClN3O3/c1-5-7(4-16-12-5)6-2-8(13(14)15)9(10)11-3-6/h2-4H,1H3. The van der Waals surface area contributed by atoms with E-state index < -0.39 is 4.92 Å². The average molecular weight is 240 g/mol. The number of aryl methyl sites for hydroxylation is 1. The molecule has 0 N–H and O–H groups in total. The molecule has 0 amide bonds. The third-order valence-corrected chi connectivity index (χ3v) is 2.37. The third-order valence-electron chi connectivity index (χ3n) is 2.08. The van der Waals surface area contributed by atoms with E-state index in [1.54, 1.807) is 6.92 Å². The van der Waals surface area contributed by atoms with E-state index in [9.17, 15) is 10.1 Å². The van der Waals surface area contributed by atoms with Gasteiger partial charge in [0, 0.05) is 23.4 Å². The lowest BCUT2D eigenvalue weighted by Crippen LogP contribution is -1.92. The molecule has 2 rings (SSSR count). The Morgan fingerprint density at radius 2 is 2.31 bits per heavy atom. The Hall–Kier alpha value is -1.95. The van der Waals surface area contributed by atoms with Gasteiger partial charge in [-0.3, -0.25) is 10.1 Å². The first kappa shape index (κ1) is 10.6. The Bertz CT molecular complexity index is 553. The van der Waals surface area contributed by atoms with E-state index in [-0.39, 0.29) is 10.8 Å². The van der Waals surface area contributed by atoms with Gasteiger partial charge in [0.25, 0.3) is 0 Å². The number of rotatable bonds is 2. The van der Waals surface area contributed by atoms with Gasteiger partial charge >= 0.3 is 5.69 Å². The summed E-state index contributed by atoms with van der Waals surface area (Å²) in [6.45, 7) is 1.74. The van der Waals surface area contributed by atoms with E-state index in [2.05, 4.69) is 10.1 Å². The monoisotopic (exact) mass is 239 g/mol. The van der Waals surface area contributed by atoms with Gasteiger partial charge in [0.2, 0.25) is 5.15 Å². The second-order valence-electron chi connectivity index (χ2n) is 3.10. The minimum absolute atomic E-state index is 0.136. The van der Waals surface area contributed by atoms with Crippen LogP contribution in [-0.2, 0) is 0 Å². The molecule has 0 bridgehead atoms. The second-order valence-corrected chi connectivity index (χ2v) is 3.46. The van der Waals surface area contributed by atoms with Crippen LogP contribution in [0.15, 0.2) is 23.0 Å². The highest BCUT2D eigenvalue weighted by Gasteiger charge is 2.16. The second kappa shape index (κ2) is 3.90. The van der Waals surface area contributed by atoms with Crippen LogP contribution in [0, 0.1) is 17.0 Å². The molecule has 0 aliphatic heterocycles. The van der Waals surface area contributed by atoms with Gasteiger partial charge in [-0.05, 0) is 6.92 Å². The fourth-order valence-corrected chi connectivity index (χ4v) is 1.45. The summed E-state index contributed by atoms with van der Waals surface area (Å²) < 4.78 is 4.75. The summed E-state index contributed by atoms with van der Waals surface area (Å²) in [4.78, 5) is 13.8. The SMILES string of the molecule is Cc1nocc1-c1cnc(Cl)c([N+](=O)[O-])c1. The summed E-state index contributed by atoms with van der Waals surface area (Å²) in [5.74, 6) is 0. The number of nitrogens with zero attached hydrogens (tertiary/aromatic N) is 3. The van der Waals surface area contributed by atoms with Gasteiger partial charge in [-0.25, -0.2) is 4.98 Å². The molecule has 2 heterocycles. The van der Waals surface area contributed by atoms with Crippen LogP contribution < -0.4 is 0 Å². The first-order valence-corrected chi connectivity index (χ1v) is 4.68. The third kappa shape index (κ3) is 1.74. The van der Waals surface area contributed by atoms with Crippen molar-refractivity contribution in [3.05, 3.63) is 39.5 Å². The van der Waals surface area contributed by atoms with E-state index in [4.69, 9.17) is 16.1 Å². The summed E-state index contributed by atoms with van der Waals surface area (Å²) in [6.07, 6.45) is 2.85. The molecule has 0 saturated heterocycles. The number of hydrogen-bond acceptors (Lipinski definition) is 5. The van der Waals surface area contributed by atoms with Gasteiger partial charge in [-0.15, -0.1) is 0 Å². The minimum atomic E-state index is -0.582. The van der Waals surface area contributed by atoms with Crippen LogP contribution in [0.1, 0.15) is 5.69 Å². The predicted octanol–water partition coefficient (Wildman–Crippen LogP) is 2.61. The molecule has 0 aliphatic rings. The van der Waals surface area contributed by atoms with Crippen LogP contribution in [-0.4, -0.2) is 15.1 Å². The normalized spacial score (nSPS) is 10.4. The Morgan fingerprint density at radius 3 is 2.88 bits per heavy atom. The predicted molar refractivity (Wildman–Crippen MR) is 56.1 cm³/mol. The molecule has 6 nitrogen and oxygen atoms in total. The highest BCUT2D eigenvalue weighted by Crippen LogP contribution is 2.29. The summed E-state index contributed by atoms with van der Waals surface area (Å²) in [7, 11) is 0. The quantitative estimate of drug-likeness (QED) is 0.457. The number of nitro groups is 1. The first-order chi connectivity index (χ1) is 7.59. The Kier molecular flexibility index (Phi) is 2.57. The summed E-state index contributed by atoms with van der Waals surface area (Å²) in [6, 6.07) is 1.34. The van der Waals surface area contributed by atoms with Gasteiger partial charge in [-0.2, -0.15) is 0 Å². The molecule has 2 aromatic heterocycles. The number of aromatic nitrogens is 2. The lowest BCUT2D eigenvalue weighted by Gasteiger charge is -1.99. The molecule has 0 unspecified atom stereocenters. The van der Waals surface area contributed by atoms with Crippen molar-refractivity contribution in [3.63, 3.8) is 0 Å². The topological polar surface area (TPSA) is 82.1 Å². The molecule has 0 atom stereocenters. The van der Waals surface area contributed by atoms with Crippen LogP contribution in [0.5, 0.6) is 0 Å². The van der Waals surface area contributed by atoms with Crippen LogP contribution in [0.25, 0.3) is 11.1 Å². The van der Waals surface area contributed by atoms with Gasteiger partial charge < -0.3 is 4.52 Å². The fourth-order valence-electron chi connectivity index (χ4n) is 1.28. The van der Waals surface area contributed by atoms with Crippen molar-refractivity contribution in [2.75, 3.05) is 0 Å². The lowest BCUT2D eigenvalue weighted by molar-refractivity contribution is -0.385. The maximum atomic E-state index is 10.7. The molecule has 0 fully saturated rings. The van der Waals surface area contributed by atoms with Gasteiger partial charge in [0.05, 0.1) is 10.6 Å². The Morgan fingerprint density at radius 1 is 1.56 bits per heavy atom. The molecule has 0 spiro atoms. The molecule has 16 heavy (non-hydrogen) atoms. The average Bonchev–Trinajstić information content (AvgIpc) is 2.65. The summed E-state index contributed by atoms with van der Waals surface area (Å²) in [5.41, 5.74) is 1.61. The highest BCUT2D eigenvalue weighted by molar-refractivity contribution is 6.31. The maximum Gasteiger partial charge on any atom is 0.307 e. The van der Waals surface area contributed by atoms with Crippen molar-refractivity contribution in [2.24, 2.45) is 0 Å². The van der Waals surface area contributed by atoms with Crippen LogP contribution in [0.3, 0.4) is 0 Å². The van der Waals surface area contributed by atoms with Crippen LogP contribution in [0.2, 0.25) is 5.15 Å². The smallest absolute Gasteiger partial charge is 0.307 e. The van der Waals surface area contributed by atoms with E-state index in [0.29, 0.717) is 16.8 Å². The molecule has 82 valence electrons. The molecule has 0 saturated carbocycles. The van der Waals surface area contributed by atoms with E-state index in [1.807, 2.05) is 0 Å². The zero-order valence-electron chi connectivity index (χ0n) is 8.18. The van der Waals surface area contributed by atoms with Crippen molar-refractivity contribution < 1.29 is 9.45 Å². The van der Waals surface area contributed by atoms with Crippen molar-refractivity contribution in [2.45, 2.75) is 6.92 Å². The van der Waals surface area contributed by atoms with E-state index >= 15 is 0 Å². The molecule has 0 aliphatic carbocycles. The molecule has 0 radical (unpaired) electrons. The molecule has 0 aromatic carbocycles. The minimum Gasteiger partial charge on any atom is -0.364 e. The zero-order valence-corrected chi connectivity index (χ0v) is 8.93. The Labute approximate surface area is 95.0 Å². The van der Waals surface area contributed by atoms with E-state index in [0.717, 1.165) is 0 Å². The summed E-state index contributed by atoms with van der Waals surface area (Å²) in [5, 5.41) is 14.2. The maximum absolute atomic E-state index is 10.7. The molecule has 7 heteroatoms. The highest BCUT2D eigenvalue weighted by atomic mass is 35.5. The largest absolute Gasteiger partial charge is 0.364 e. The molecule has 2 aromatic rings. The Balaban J connectivity index is 2.56. The van der Waals surface area contributed by atoms with Crippen molar-refractivity contribution in [1.29, 1.82) is 0 Å². The fraction of sp³-hybridized carbons (Fsp3) is 0.111. The number of pyridine rings is 1. The van der Waals surface area contributed by atoms with Crippen molar-refractivity contribution in [1.82, 2.24) is 10.1 Å². The van der Waals surface area contributed by atoms with E-state index in [1.165, 1.54) is 18.5 Å². The number of hydrogen-bond donors (Lipinski definition) is 0. The van der Waals surface area contributed by atoms with Gasteiger partial charge in [-0.1, -0.05) is 16.8 Å². The van der Waals surface area contributed by atoms with Crippen molar-refractivity contribution >= 4 is 17.3 Å². The van der Waals surface area contributed by atoms with Crippen molar-refractivity contribution in [3.8, 4) is 11.1 Å². The van der Waals surface area contributed by atoms with Gasteiger partial charge in [0.15, 0.2) is 0 Å².